The van der Waals surface area contributed by atoms with Crippen molar-refractivity contribution in [2.75, 3.05) is 13.2 Å². The number of amides is 1. The van der Waals surface area contributed by atoms with Gasteiger partial charge in [-0.15, -0.1) is 0 Å². The van der Waals surface area contributed by atoms with E-state index in [0.717, 1.165) is 6.29 Å². The third-order valence-corrected chi connectivity index (χ3v) is 4.82. The molecule has 0 aromatic heterocycles. The van der Waals surface area contributed by atoms with Crippen molar-refractivity contribution in [1.82, 2.24) is 5.32 Å². The quantitative estimate of drug-likeness (QED) is 0.418. The van der Waals surface area contributed by atoms with Crippen LogP contribution in [-0.2, 0) is 9.31 Å². The molecule has 0 saturated carbocycles. The Bertz CT molecular complexity index is 645. The van der Waals surface area contributed by atoms with Gasteiger partial charge >= 0.3 is 13.2 Å². The van der Waals surface area contributed by atoms with Crippen molar-refractivity contribution in [3.8, 4) is 5.75 Å². The summed E-state index contributed by atoms with van der Waals surface area (Å²) in [6.07, 6.45) is 1.07. The van der Waals surface area contributed by atoms with Crippen LogP contribution in [0.25, 0.3) is 0 Å². The van der Waals surface area contributed by atoms with Crippen molar-refractivity contribution in [1.29, 1.82) is 0 Å². The smallest absolute Gasteiger partial charge is 0.494 e. The normalized spacial score (nSPS) is 17.8. The Morgan fingerprint density at radius 3 is 2.46 bits per heavy atom. The second-order valence-corrected chi connectivity index (χ2v) is 7.25. The Labute approximate surface area is 154 Å². The molecule has 142 valence electrons. The predicted molar refractivity (Wildman–Crippen MR) is 98.3 cm³/mol. The summed E-state index contributed by atoms with van der Waals surface area (Å²) in [4.78, 5) is 21.9. The zero-order chi connectivity index (χ0) is 19.4. The van der Waals surface area contributed by atoms with Gasteiger partial charge in [0, 0.05) is 17.6 Å². The molecule has 0 atom stereocenters. The van der Waals surface area contributed by atoms with Crippen molar-refractivity contribution in [3.63, 3.8) is 0 Å². The van der Waals surface area contributed by atoms with Gasteiger partial charge in [0.1, 0.15) is 12.0 Å². The molecule has 1 aromatic carbocycles. The molecule has 1 aliphatic heterocycles. The van der Waals surface area contributed by atoms with Gasteiger partial charge in [0.15, 0.2) is 0 Å². The summed E-state index contributed by atoms with van der Waals surface area (Å²) in [5, 5.41) is 10.9. The molecule has 26 heavy (non-hydrogen) atoms. The standard InChI is InChI=1S/C18H26BNO6/c1-17(2)18(3,4)26-19(25-17)15-13(12-21)8-7-9-14(15)24-11-6-5-10-20-16(22)23/h7-9,12,20H,5-6,10-11H2,1-4H3,(H,22,23). The van der Waals surface area contributed by atoms with E-state index in [1.54, 1.807) is 18.2 Å². The lowest BCUT2D eigenvalue weighted by molar-refractivity contribution is 0.00578. The number of unbranched alkanes of at least 4 members (excludes halogenated alkanes) is 1. The number of hydrogen-bond acceptors (Lipinski definition) is 5. The number of carbonyl (C=O) groups excluding carboxylic acids is 1. The molecule has 0 aliphatic carbocycles. The Morgan fingerprint density at radius 1 is 1.23 bits per heavy atom. The molecule has 1 amide bonds. The molecule has 7 nitrogen and oxygen atoms in total. The highest BCUT2D eigenvalue weighted by molar-refractivity contribution is 6.64. The van der Waals surface area contributed by atoms with E-state index in [9.17, 15) is 9.59 Å². The predicted octanol–water partition coefficient (Wildman–Crippen LogP) is 2.22. The van der Waals surface area contributed by atoms with E-state index in [1.807, 2.05) is 27.7 Å². The third kappa shape index (κ3) is 4.56. The highest BCUT2D eigenvalue weighted by Gasteiger charge is 2.53. The van der Waals surface area contributed by atoms with E-state index in [-0.39, 0.29) is 0 Å². The molecule has 1 aliphatic rings. The van der Waals surface area contributed by atoms with E-state index >= 15 is 0 Å². The fourth-order valence-corrected chi connectivity index (χ4v) is 2.61. The molecule has 0 radical (unpaired) electrons. The fraction of sp³-hybridized carbons (Fsp3) is 0.556. The average molecular weight is 363 g/mol. The highest BCUT2D eigenvalue weighted by Crippen LogP contribution is 2.37. The van der Waals surface area contributed by atoms with Crippen LogP contribution in [-0.4, -0.2) is 49.0 Å². The molecular weight excluding hydrogens is 337 g/mol. The fourth-order valence-electron chi connectivity index (χ4n) is 2.61. The van der Waals surface area contributed by atoms with Gasteiger partial charge in [-0.25, -0.2) is 4.79 Å². The lowest BCUT2D eigenvalue weighted by Gasteiger charge is -2.32. The zero-order valence-electron chi connectivity index (χ0n) is 15.7. The minimum absolute atomic E-state index is 0.372. The van der Waals surface area contributed by atoms with E-state index in [2.05, 4.69) is 5.32 Å². The van der Waals surface area contributed by atoms with Gasteiger partial charge < -0.3 is 24.5 Å². The number of nitrogens with one attached hydrogen (secondary N) is 1. The molecule has 0 spiro atoms. The Morgan fingerprint density at radius 2 is 1.88 bits per heavy atom. The molecule has 8 heteroatoms. The highest BCUT2D eigenvalue weighted by atomic mass is 16.7. The largest absolute Gasteiger partial charge is 0.499 e. The first-order chi connectivity index (χ1) is 12.2. The molecule has 0 unspecified atom stereocenters. The first-order valence-corrected chi connectivity index (χ1v) is 8.71. The van der Waals surface area contributed by atoms with Gasteiger partial charge in [-0.3, -0.25) is 4.79 Å². The molecule has 1 fully saturated rings. The Balaban J connectivity index is 2.09. The number of rotatable bonds is 8. The van der Waals surface area contributed by atoms with Crippen molar-refractivity contribution in [2.24, 2.45) is 0 Å². The SMILES string of the molecule is CC1(C)OB(c2c(C=O)cccc2OCCCCNC(=O)O)OC1(C)C. The summed E-state index contributed by atoms with van der Waals surface area (Å²) in [6.45, 7) is 8.57. The van der Waals surface area contributed by atoms with Crippen molar-refractivity contribution in [3.05, 3.63) is 23.8 Å². The van der Waals surface area contributed by atoms with Crippen LogP contribution in [0.15, 0.2) is 18.2 Å². The van der Waals surface area contributed by atoms with Gasteiger partial charge in [-0.1, -0.05) is 12.1 Å². The number of ether oxygens (including phenoxy) is 1. The summed E-state index contributed by atoms with van der Waals surface area (Å²) in [7, 11) is -0.690. The maximum absolute atomic E-state index is 11.5. The van der Waals surface area contributed by atoms with E-state index < -0.39 is 24.4 Å². The molecule has 2 rings (SSSR count). The molecule has 2 N–H and O–H groups in total. The maximum atomic E-state index is 11.5. The maximum Gasteiger partial charge on any atom is 0.499 e. The van der Waals surface area contributed by atoms with Crippen molar-refractivity contribution >= 4 is 25.0 Å². The van der Waals surface area contributed by atoms with Gasteiger partial charge in [-0.2, -0.15) is 0 Å². The summed E-state index contributed by atoms with van der Waals surface area (Å²) in [5.74, 6) is 0.541. The van der Waals surface area contributed by atoms with Crippen LogP contribution in [0.3, 0.4) is 0 Å². The van der Waals surface area contributed by atoms with Crippen LogP contribution in [0.5, 0.6) is 5.75 Å². The van der Waals surface area contributed by atoms with E-state index in [1.165, 1.54) is 0 Å². The lowest BCUT2D eigenvalue weighted by atomic mass is 9.75. The summed E-state index contributed by atoms with van der Waals surface area (Å²) < 4.78 is 18.0. The number of aldehydes is 1. The summed E-state index contributed by atoms with van der Waals surface area (Å²) in [6, 6.07) is 5.24. The van der Waals surface area contributed by atoms with Crippen LogP contribution in [0.4, 0.5) is 4.79 Å². The van der Waals surface area contributed by atoms with Gasteiger partial charge in [0.25, 0.3) is 0 Å². The first-order valence-electron chi connectivity index (χ1n) is 8.71. The molecular formula is C18H26BNO6. The molecule has 1 saturated heterocycles. The van der Waals surface area contributed by atoms with Crippen LogP contribution >= 0.6 is 0 Å². The summed E-state index contributed by atoms with van der Waals surface area (Å²) >= 11 is 0. The van der Waals surface area contributed by atoms with Gasteiger partial charge in [0.2, 0.25) is 0 Å². The minimum Gasteiger partial charge on any atom is -0.494 e. The van der Waals surface area contributed by atoms with Crippen molar-refractivity contribution < 1.29 is 28.7 Å². The number of hydrogen-bond donors (Lipinski definition) is 2. The van der Waals surface area contributed by atoms with E-state index in [0.29, 0.717) is 42.8 Å². The monoisotopic (exact) mass is 363 g/mol. The number of carboxylic acid groups (broad SMARTS) is 1. The van der Waals surface area contributed by atoms with Crippen LogP contribution in [0, 0.1) is 0 Å². The third-order valence-electron chi connectivity index (χ3n) is 4.82. The van der Waals surface area contributed by atoms with Gasteiger partial charge in [-0.05, 0) is 46.6 Å². The number of carbonyl (C=O) groups is 2. The summed E-state index contributed by atoms with van der Waals surface area (Å²) in [5.41, 5.74) is 0.0132. The Kier molecular flexibility index (Phi) is 6.31. The van der Waals surface area contributed by atoms with Crippen molar-refractivity contribution in [2.45, 2.75) is 51.7 Å². The second-order valence-electron chi connectivity index (χ2n) is 7.25. The minimum atomic E-state index is -1.03. The zero-order valence-corrected chi connectivity index (χ0v) is 15.7. The molecule has 0 bridgehead atoms. The van der Waals surface area contributed by atoms with Crippen LogP contribution in [0.1, 0.15) is 50.9 Å². The van der Waals surface area contributed by atoms with Crippen LogP contribution in [0.2, 0.25) is 0 Å². The molecule has 1 heterocycles. The lowest BCUT2D eigenvalue weighted by Crippen LogP contribution is -2.41. The Hall–Kier alpha value is -2.06. The number of benzene rings is 1. The van der Waals surface area contributed by atoms with Crippen LogP contribution < -0.4 is 15.5 Å². The second kappa shape index (κ2) is 8.10. The van der Waals surface area contributed by atoms with Gasteiger partial charge in [0.05, 0.1) is 17.8 Å². The van der Waals surface area contributed by atoms with E-state index in [4.69, 9.17) is 19.2 Å². The average Bonchev–Trinajstić information content (AvgIpc) is 2.77. The topological polar surface area (TPSA) is 94.1 Å². The first kappa shape index (κ1) is 20.3. The molecule has 1 aromatic rings.